The fourth-order valence-corrected chi connectivity index (χ4v) is 2.67. The lowest BCUT2D eigenvalue weighted by Gasteiger charge is -2.14. The quantitative estimate of drug-likeness (QED) is 0.368. The van der Waals surface area contributed by atoms with Gasteiger partial charge in [-0.1, -0.05) is 17.7 Å². The van der Waals surface area contributed by atoms with Gasteiger partial charge in [0.2, 0.25) is 11.2 Å². The number of aryl methyl sites for hydroxylation is 1. The Morgan fingerprint density at radius 3 is 2.38 bits per heavy atom. The molecule has 0 aliphatic carbocycles. The molecule has 7 nitrogen and oxygen atoms in total. The van der Waals surface area contributed by atoms with Crippen LogP contribution in [0.1, 0.15) is 11.3 Å². The number of ether oxygens (including phenoxy) is 4. The monoisotopic (exact) mass is 452 g/mol. The average molecular weight is 452 g/mol. The van der Waals surface area contributed by atoms with E-state index < -0.39 is 35.7 Å². The second kappa shape index (κ2) is 9.73. The summed E-state index contributed by atoms with van der Waals surface area (Å²) in [6, 6.07) is 9.80. The Bertz CT molecular complexity index is 1150. The van der Waals surface area contributed by atoms with Gasteiger partial charge in [-0.15, -0.1) is 0 Å². The summed E-state index contributed by atoms with van der Waals surface area (Å²) in [7, 11) is 1.44. The van der Waals surface area contributed by atoms with E-state index in [-0.39, 0.29) is 35.7 Å². The van der Waals surface area contributed by atoms with E-state index in [4.69, 9.17) is 23.4 Å². The van der Waals surface area contributed by atoms with Gasteiger partial charge in [0.05, 0.1) is 12.0 Å². The first kappa shape index (κ1) is 23.1. The molecule has 1 heterocycles. The van der Waals surface area contributed by atoms with Crippen LogP contribution in [0.3, 0.4) is 0 Å². The molecule has 0 radical (unpaired) electrons. The minimum Gasteiger partial charge on any atom is -0.482 e. The third kappa shape index (κ3) is 5.58. The lowest BCUT2D eigenvalue weighted by molar-refractivity contribution is -0.154. The molecule has 0 amide bonds. The van der Waals surface area contributed by atoms with E-state index in [1.165, 1.54) is 31.4 Å². The van der Waals surface area contributed by atoms with Crippen LogP contribution in [-0.2, 0) is 20.4 Å². The van der Waals surface area contributed by atoms with E-state index in [1.54, 1.807) is 19.1 Å². The normalized spacial score (nSPS) is 11.4. The molecule has 2 aromatic carbocycles. The van der Waals surface area contributed by atoms with Crippen LogP contribution in [0.4, 0.5) is 13.2 Å². The number of carbonyl (C=O) groups excluding carboxylic acids is 1. The molecule has 0 aliphatic rings. The lowest BCUT2D eigenvalue weighted by atomic mass is 10.2. The summed E-state index contributed by atoms with van der Waals surface area (Å²) in [5.41, 5.74) is -0.498. The minimum atomic E-state index is -4.99. The fraction of sp³-hybridized carbons (Fsp3) is 0.273. The first-order chi connectivity index (χ1) is 15.2. The summed E-state index contributed by atoms with van der Waals surface area (Å²) in [5.74, 6) is -3.17. The molecular formula is C22H19F3O7. The van der Waals surface area contributed by atoms with Crippen molar-refractivity contribution in [3.8, 4) is 17.2 Å². The van der Waals surface area contributed by atoms with Crippen LogP contribution >= 0.6 is 0 Å². The zero-order chi connectivity index (χ0) is 23.3. The summed E-state index contributed by atoms with van der Waals surface area (Å²) in [4.78, 5) is 24.4. The fourth-order valence-electron chi connectivity index (χ4n) is 2.67. The highest BCUT2D eigenvalue weighted by atomic mass is 19.4. The number of carbonyl (C=O) groups is 1. The average Bonchev–Trinajstić information content (AvgIpc) is 2.75. The predicted molar refractivity (Wildman–Crippen MR) is 107 cm³/mol. The maximum Gasteiger partial charge on any atom is 0.453 e. The predicted octanol–water partition coefficient (Wildman–Crippen LogP) is 4.48. The Labute approximate surface area is 180 Å². The number of hydrogen-bond acceptors (Lipinski definition) is 7. The second-order valence-electron chi connectivity index (χ2n) is 6.66. The van der Waals surface area contributed by atoms with E-state index in [0.717, 1.165) is 11.6 Å². The van der Waals surface area contributed by atoms with Gasteiger partial charge in [0.25, 0.3) is 5.76 Å². The van der Waals surface area contributed by atoms with Gasteiger partial charge in [0.1, 0.15) is 23.7 Å². The van der Waals surface area contributed by atoms with Crippen molar-refractivity contribution in [2.24, 2.45) is 0 Å². The number of methoxy groups -OCH3 is 1. The maximum absolute atomic E-state index is 13.6. The van der Waals surface area contributed by atoms with Crippen molar-refractivity contribution in [2.75, 3.05) is 26.9 Å². The van der Waals surface area contributed by atoms with Crippen molar-refractivity contribution < 1.29 is 41.3 Å². The summed E-state index contributed by atoms with van der Waals surface area (Å²) >= 11 is 0. The molecule has 0 atom stereocenters. The van der Waals surface area contributed by atoms with Gasteiger partial charge in [0, 0.05) is 13.2 Å². The Morgan fingerprint density at radius 2 is 1.72 bits per heavy atom. The van der Waals surface area contributed by atoms with Crippen LogP contribution < -0.4 is 14.9 Å². The largest absolute Gasteiger partial charge is 0.482 e. The number of benzene rings is 2. The number of alkyl halides is 3. The van der Waals surface area contributed by atoms with E-state index in [1.807, 2.05) is 0 Å². The smallest absolute Gasteiger partial charge is 0.453 e. The van der Waals surface area contributed by atoms with Crippen molar-refractivity contribution in [1.29, 1.82) is 0 Å². The van der Waals surface area contributed by atoms with E-state index in [9.17, 15) is 22.8 Å². The topological polar surface area (TPSA) is 84.2 Å². The molecule has 0 aliphatic heterocycles. The molecule has 0 unspecified atom stereocenters. The standard InChI is InChI=1S/C22H19F3O7/c1-13-3-5-14(6-4-13)31-20-19(27)16-8-7-15(30-12-18(26)29-10-9-28-2)11-17(16)32-21(20)22(23,24)25/h3-8,11H,9-10,12H2,1-2H3. The van der Waals surface area contributed by atoms with Gasteiger partial charge in [-0.2, -0.15) is 13.2 Å². The summed E-state index contributed by atoms with van der Waals surface area (Å²) < 4.78 is 65.9. The van der Waals surface area contributed by atoms with Crippen LogP contribution in [0.25, 0.3) is 11.0 Å². The van der Waals surface area contributed by atoms with Crippen molar-refractivity contribution >= 4 is 16.9 Å². The zero-order valence-corrected chi connectivity index (χ0v) is 17.2. The van der Waals surface area contributed by atoms with Gasteiger partial charge in [-0.05, 0) is 31.2 Å². The molecule has 0 bridgehead atoms. The molecule has 10 heteroatoms. The van der Waals surface area contributed by atoms with Crippen LogP contribution in [-0.4, -0.2) is 32.9 Å². The van der Waals surface area contributed by atoms with Crippen LogP contribution in [0.2, 0.25) is 0 Å². The molecule has 0 saturated carbocycles. The lowest BCUT2D eigenvalue weighted by Crippen LogP contribution is -2.17. The van der Waals surface area contributed by atoms with E-state index in [2.05, 4.69) is 0 Å². The molecule has 1 aromatic heterocycles. The summed E-state index contributed by atoms with van der Waals surface area (Å²) in [5, 5.41) is -0.143. The first-order valence-electron chi connectivity index (χ1n) is 9.39. The Morgan fingerprint density at radius 1 is 1.03 bits per heavy atom. The molecule has 3 rings (SSSR count). The van der Waals surface area contributed by atoms with Gasteiger partial charge in [-0.25, -0.2) is 4.79 Å². The summed E-state index contributed by atoms with van der Waals surface area (Å²) in [6.45, 7) is 1.55. The van der Waals surface area contributed by atoms with Crippen LogP contribution in [0, 0.1) is 6.92 Å². The number of rotatable bonds is 8. The van der Waals surface area contributed by atoms with Crippen molar-refractivity contribution in [3.63, 3.8) is 0 Å². The van der Waals surface area contributed by atoms with Gasteiger partial charge in [0.15, 0.2) is 6.61 Å². The molecule has 170 valence electrons. The highest BCUT2D eigenvalue weighted by molar-refractivity contribution is 5.80. The molecule has 3 aromatic rings. The highest BCUT2D eigenvalue weighted by Gasteiger charge is 2.40. The third-order valence-electron chi connectivity index (χ3n) is 4.23. The number of fused-ring (bicyclic) bond motifs is 1. The Kier molecular flexibility index (Phi) is 7.04. The van der Waals surface area contributed by atoms with E-state index >= 15 is 0 Å². The highest BCUT2D eigenvalue weighted by Crippen LogP contribution is 2.38. The number of esters is 1. The second-order valence-corrected chi connectivity index (χ2v) is 6.66. The number of hydrogen-bond donors (Lipinski definition) is 0. The van der Waals surface area contributed by atoms with Crippen molar-refractivity contribution in [1.82, 2.24) is 0 Å². The zero-order valence-electron chi connectivity index (χ0n) is 17.2. The van der Waals surface area contributed by atoms with Gasteiger partial charge in [-0.3, -0.25) is 4.79 Å². The summed E-state index contributed by atoms with van der Waals surface area (Å²) in [6.07, 6.45) is -4.99. The van der Waals surface area contributed by atoms with Crippen LogP contribution in [0.5, 0.6) is 17.2 Å². The third-order valence-corrected chi connectivity index (χ3v) is 4.23. The maximum atomic E-state index is 13.6. The Hall–Kier alpha value is -3.53. The molecule has 0 saturated heterocycles. The number of halogens is 3. The SMILES string of the molecule is COCCOC(=O)COc1ccc2c(=O)c(Oc3ccc(C)cc3)c(C(F)(F)F)oc2c1. The molecule has 0 N–H and O–H groups in total. The van der Waals surface area contributed by atoms with Gasteiger partial charge < -0.3 is 23.4 Å². The first-order valence-corrected chi connectivity index (χ1v) is 9.39. The Balaban J connectivity index is 1.92. The van der Waals surface area contributed by atoms with Crippen LogP contribution in [0.15, 0.2) is 51.7 Å². The molecular weight excluding hydrogens is 433 g/mol. The van der Waals surface area contributed by atoms with Gasteiger partial charge >= 0.3 is 12.1 Å². The van der Waals surface area contributed by atoms with Crippen molar-refractivity contribution in [2.45, 2.75) is 13.1 Å². The molecule has 0 fully saturated rings. The van der Waals surface area contributed by atoms with Crippen molar-refractivity contribution in [3.05, 3.63) is 64.0 Å². The molecule has 32 heavy (non-hydrogen) atoms. The minimum absolute atomic E-state index is 0.0182. The van der Waals surface area contributed by atoms with E-state index in [0.29, 0.717) is 0 Å². The molecule has 0 spiro atoms.